The lowest BCUT2D eigenvalue weighted by Crippen LogP contribution is -2.05. The van der Waals surface area contributed by atoms with E-state index in [9.17, 15) is 5.11 Å². The Kier molecular flexibility index (Phi) is 4.25. The smallest absolute Gasteiger partial charge is 0.164 e. The van der Waals surface area contributed by atoms with E-state index in [0.717, 1.165) is 36.2 Å². The molecule has 1 heterocycles. The van der Waals surface area contributed by atoms with Crippen molar-refractivity contribution in [2.45, 2.75) is 46.1 Å². The van der Waals surface area contributed by atoms with Crippen LogP contribution >= 0.6 is 0 Å². The van der Waals surface area contributed by atoms with Gasteiger partial charge in [0.1, 0.15) is 11.4 Å². The molecule has 3 heteroatoms. The molecule has 3 nitrogen and oxygen atoms in total. The summed E-state index contributed by atoms with van der Waals surface area (Å²) in [6.07, 6.45) is 2.99. The summed E-state index contributed by atoms with van der Waals surface area (Å²) in [6, 6.07) is 10.2. The highest BCUT2D eigenvalue weighted by Gasteiger charge is 2.19. The van der Waals surface area contributed by atoms with E-state index in [0.29, 0.717) is 5.75 Å². The Bertz CT molecular complexity index is 529. The van der Waals surface area contributed by atoms with Gasteiger partial charge in [0.15, 0.2) is 5.75 Å². The topological polar surface area (TPSA) is 38.0 Å². The molecule has 0 saturated carbocycles. The van der Waals surface area contributed by atoms with Crippen molar-refractivity contribution in [1.82, 2.24) is 9.78 Å². The van der Waals surface area contributed by atoms with Crippen molar-refractivity contribution in [2.75, 3.05) is 0 Å². The molecule has 0 spiro atoms. The van der Waals surface area contributed by atoms with Crippen LogP contribution in [-0.2, 0) is 6.42 Å². The van der Waals surface area contributed by atoms with Crippen LogP contribution in [0.15, 0.2) is 30.3 Å². The molecule has 0 radical (unpaired) electrons. The van der Waals surface area contributed by atoms with Gasteiger partial charge in [0.2, 0.25) is 0 Å². The molecular weight excluding hydrogens is 236 g/mol. The Morgan fingerprint density at radius 3 is 2.47 bits per heavy atom. The number of nitrogens with zero attached hydrogens (tertiary/aromatic N) is 2. The third-order valence-electron chi connectivity index (χ3n) is 3.26. The zero-order valence-electron chi connectivity index (χ0n) is 11.9. The van der Waals surface area contributed by atoms with Crippen LogP contribution in [0.2, 0.25) is 0 Å². The molecule has 2 aromatic rings. The van der Waals surface area contributed by atoms with Crippen molar-refractivity contribution in [3.05, 3.63) is 36.0 Å². The molecule has 0 aliphatic carbocycles. The molecule has 0 aliphatic heterocycles. The number of rotatable bonds is 5. The van der Waals surface area contributed by atoms with E-state index < -0.39 is 0 Å². The largest absolute Gasteiger partial charge is 0.504 e. The van der Waals surface area contributed by atoms with Gasteiger partial charge in [-0.25, -0.2) is 0 Å². The average molecular weight is 258 g/mol. The van der Waals surface area contributed by atoms with Crippen molar-refractivity contribution in [1.29, 1.82) is 0 Å². The molecule has 0 amide bonds. The van der Waals surface area contributed by atoms with Crippen LogP contribution in [0.3, 0.4) is 0 Å². The molecule has 0 saturated heterocycles. The van der Waals surface area contributed by atoms with Crippen molar-refractivity contribution >= 4 is 0 Å². The minimum absolute atomic E-state index is 0.233. The highest BCUT2D eigenvalue weighted by atomic mass is 16.3. The van der Waals surface area contributed by atoms with Gasteiger partial charge in [-0.2, -0.15) is 5.10 Å². The number of aromatic nitrogens is 2. The van der Waals surface area contributed by atoms with Crippen LogP contribution in [0, 0.1) is 0 Å². The Hall–Kier alpha value is -1.77. The van der Waals surface area contributed by atoms with Gasteiger partial charge in [0.25, 0.3) is 0 Å². The maximum atomic E-state index is 10.5. The van der Waals surface area contributed by atoms with Crippen LogP contribution in [0.1, 0.15) is 45.3 Å². The van der Waals surface area contributed by atoms with Crippen molar-refractivity contribution in [3.8, 4) is 17.0 Å². The van der Waals surface area contributed by atoms with Gasteiger partial charge in [-0.05, 0) is 26.7 Å². The molecule has 1 aromatic carbocycles. The van der Waals surface area contributed by atoms with Gasteiger partial charge < -0.3 is 5.11 Å². The molecule has 1 aromatic heterocycles. The lowest BCUT2D eigenvalue weighted by Gasteiger charge is -2.10. The fourth-order valence-electron chi connectivity index (χ4n) is 2.22. The van der Waals surface area contributed by atoms with Crippen molar-refractivity contribution < 1.29 is 5.11 Å². The van der Waals surface area contributed by atoms with Crippen LogP contribution < -0.4 is 0 Å². The first kappa shape index (κ1) is 13.7. The van der Waals surface area contributed by atoms with E-state index >= 15 is 0 Å². The number of benzene rings is 1. The van der Waals surface area contributed by atoms with Crippen LogP contribution in [0.5, 0.6) is 5.75 Å². The number of unbranched alkanes of at least 4 members (excludes halogenated alkanes) is 1. The molecule has 0 atom stereocenters. The summed E-state index contributed by atoms with van der Waals surface area (Å²) in [5.74, 6) is 0.341. The molecule has 1 N–H and O–H groups in total. The lowest BCUT2D eigenvalue weighted by atomic mass is 10.1. The monoisotopic (exact) mass is 258 g/mol. The minimum Gasteiger partial charge on any atom is -0.504 e. The van der Waals surface area contributed by atoms with E-state index in [-0.39, 0.29) is 6.04 Å². The van der Waals surface area contributed by atoms with Crippen LogP contribution in [-0.4, -0.2) is 14.9 Å². The Morgan fingerprint density at radius 2 is 1.89 bits per heavy atom. The standard InChI is InChI=1S/C16H22N2O/c1-4-5-11-14-16(19)15(18(17-14)12(2)3)13-9-7-6-8-10-13/h6-10,12,19H,4-5,11H2,1-3H3. The van der Waals surface area contributed by atoms with Crippen molar-refractivity contribution in [2.24, 2.45) is 0 Å². The van der Waals surface area contributed by atoms with E-state index in [1.54, 1.807) is 0 Å². The molecular formula is C16H22N2O. The van der Waals surface area contributed by atoms with E-state index in [2.05, 4.69) is 25.9 Å². The summed E-state index contributed by atoms with van der Waals surface area (Å²) < 4.78 is 1.93. The SMILES string of the molecule is CCCCc1nn(C(C)C)c(-c2ccccc2)c1O. The minimum atomic E-state index is 0.233. The maximum absolute atomic E-state index is 10.5. The highest BCUT2D eigenvalue weighted by molar-refractivity contribution is 5.67. The molecule has 19 heavy (non-hydrogen) atoms. The van der Waals surface area contributed by atoms with Gasteiger partial charge in [0, 0.05) is 11.6 Å². The maximum Gasteiger partial charge on any atom is 0.164 e. The second-order valence-corrected chi connectivity index (χ2v) is 5.15. The summed E-state index contributed by atoms with van der Waals surface area (Å²) in [5.41, 5.74) is 2.67. The fourth-order valence-corrected chi connectivity index (χ4v) is 2.22. The summed E-state index contributed by atoms with van der Waals surface area (Å²) in [7, 11) is 0. The molecule has 0 aliphatic rings. The third-order valence-corrected chi connectivity index (χ3v) is 3.26. The zero-order valence-corrected chi connectivity index (χ0v) is 11.9. The van der Waals surface area contributed by atoms with Crippen molar-refractivity contribution in [3.63, 3.8) is 0 Å². The average Bonchev–Trinajstić information content (AvgIpc) is 2.75. The molecule has 2 rings (SSSR count). The van der Waals surface area contributed by atoms with Gasteiger partial charge in [0.05, 0.1) is 0 Å². The molecule has 0 fully saturated rings. The summed E-state index contributed by atoms with van der Waals surface area (Å²) >= 11 is 0. The second kappa shape index (κ2) is 5.91. The first-order valence-corrected chi connectivity index (χ1v) is 7.01. The quantitative estimate of drug-likeness (QED) is 0.873. The van der Waals surface area contributed by atoms with E-state index in [4.69, 9.17) is 0 Å². The molecule has 0 bridgehead atoms. The number of hydrogen-bond acceptors (Lipinski definition) is 2. The third kappa shape index (κ3) is 2.80. The number of aromatic hydroxyl groups is 1. The summed E-state index contributed by atoms with van der Waals surface area (Å²) in [4.78, 5) is 0. The number of aryl methyl sites for hydroxylation is 1. The van der Waals surface area contributed by atoms with Gasteiger partial charge >= 0.3 is 0 Å². The zero-order chi connectivity index (χ0) is 13.8. The second-order valence-electron chi connectivity index (χ2n) is 5.15. The Morgan fingerprint density at radius 1 is 1.21 bits per heavy atom. The van der Waals surface area contributed by atoms with Crippen LogP contribution in [0.4, 0.5) is 0 Å². The molecule has 0 unspecified atom stereocenters. The Balaban J connectivity index is 2.49. The summed E-state index contributed by atoms with van der Waals surface area (Å²) in [6.45, 7) is 6.32. The van der Waals surface area contributed by atoms with Gasteiger partial charge in [-0.15, -0.1) is 0 Å². The van der Waals surface area contributed by atoms with E-state index in [1.165, 1.54) is 0 Å². The van der Waals surface area contributed by atoms with Crippen LogP contribution in [0.25, 0.3) is 11.3 Å². The van der Waals surface area contributed by atoms with Gasteiger partial charge in [-0.3, -0.25) is 4.68 Å². The normalized spacial score (nSPS) is 11.2. The lowest BCUT2D eigenvalue weighted by molar-refractivity contribution is 0.467. The van der Waals surface area contributed by atoms with Gasteiger partial charge in [-0.1, -0.05) is 43.7 Å². The number of hydrogen-bond donors (Lipinski definition) is 1. The predicted molar refractivity (Wildman–Crippen MR) is 78.3 cm³/mol. The Labute approximate surface area is 114 Å². The first-order valence-electron chi connectivity index (χ1n) is 7.01. The van der Waals surface area contributed by atoms with E-state index in [1.807, 2.05) is 35.0 Å². The first-order chi connectivity index (χ1) is 9.15. The summed E-state index contributed by atoms with van der Waals surface area (Å²) in [5, 5.41) is 15.0. The molecule has 102 valence electrons. The fraction of sp³-hybridized carbons (Fsp3) is 0.438. The predicted octanol–water partition coefficient (Wildman–Crippen LogP) is 4.18. The highest BCUT2D eigenvalue weighted by Crippen LogP contribution is 2.34.